The standard InChI is InChI=1S/C13H15N3O2S/c1-19-15-8-7-12(17)16-13-11(9-14-18-13)10-5-3-2-4-6-10/h2-6,9,15H,7-8H2,1H3,(H,16,17). The molecule has 0 unspecified atom stereocenters. The molecule has 19 heavy (non-hydrogen) atoms. The predicted molar refractivity (Wildman–Crippen MR) is 76.7 cm³/mol. The second-order valence-electron chi connectivity index (χ2n) is 3.83. The lowest BCUT2D eigenvalue weighted by atomic mass is 10.1. The van der Waals surface area contributed by atoms with Gasteiger partial charge in [-0.1, -0.05) is 47.4 Å². The molecule has 5 nitrogen and oxygen atoms in total. The summed E-state index contributed by atoms with van der Waals surface area (Å²) < 4.78 is 8.10. The molecule has 1 amide bonds. The van der Waals surface area contributed by atoms with E-state index >= 15 is 0 Å². The van der Waals surface area contributed by atoms with Crippen LogP contribution in [0.1, 0.15) is 6.42 Å². The van der Waals surface area contributed by atoms with Gasteiger partial charge in [0.25, 0.3) is 0 Å². The number of carbonyl (C=O) groups excluding carboxylic acids is 1. The van der Waals surface area contributed by atoms with Gasteiger partial charge in [-0.15, -0.1) is 0 Å². The van der Waals surface area contributed by atoms with Crippen molar-refractivity contribution < 1.29 is 9.32 Å². The summed E-state index contributed by atoms with van der Waals surface area (Å²) in [4.78, 5) is 11.7. The Morgan fingerprint density at radius 3 is 2.89 bits per heavy atom. The largest absolute Gasteiger partial charge is 0.338 e. The Bertz CT molecular complexity index is 528. The lowest BCUT2D eigenvalue weighted by Gasteiger charge is -2.04. The van der Waals surface area contributed by atoms with Crippen LogP contribution in [0.2, 0.25) is 0 Å². The number of hydrogen-bond donors (Lipinski definition) is 2. The van der Waals surface area contributed by atoms with Crippen molar-refractivity contribution >= 4 is 23.7 Å². The quantitative estimate of drug-likeness (QED) is 0.627. The first-order valence-electron chi connectivity index (χ1n) is 5.87. The van der Waals surface area contributed by atoms with Gasteiger partial charge in [-0.05, 0) is 11.8 Å². The maximum atomic E-state index is 11.7. The van der Waals surface area contributed by atoms with Gasteiger partial charge in [0.15, 0.2) is 0 Å². The summed E-state index contributed by atoms with van der Waals surface area (Å²) in [5, 5.41) is 6.47. The van der Waals surface area contributed by atoms with Gasteiger partial charge in [0.1, 0.15) is 0 Å². The Balaban J connectivity index is 2.02. The van der Waals surface area contributed by atoms with Crippen molar-refractivity contribution in [2.75, 3.05) is 18.1 Å². The average Bonchev–Trinajstić information content (AvgIpc) is 2.88. The van der Waals surface area contributed by atoms with Gasteiger partial charge >= 0.3 is 0 Å². The predicted octanol–water partition coefficient (Wildman–Crippen LogP) is 2.54. The van der Waals surface area contributed by atoms with E-state index in [1.807, 2.05) is 36.6 Å². The molecular formula is C13H15N3O2S. The molecule has 0 saturated carbocycles. The fourth-order valence-electron chi connectivity index (χ4n) is 1.61. The van der Waals surface area contributed by atoms with Gasteiger partial charge in [-0.2, -0.15) is 0 Å². The van der Waals surface area contributed by atoms with Gasteiger partial charge in [-0.3, -0.25) is 14.8 Å². The number of benzene rings is 1. The molecule has 1 aromatic carbocycles. The molecule has 2 rings (SSSR count). The lowest BCUT2D eigenvalue weighted by Crippen LogP contribution is -2.17. The van der Waals surface area contributed by atoms with Crippen LogP contribution in [0.15, 0.2) is 41.1 Å². The van der Waals surface area contributed by atoms with E-state index in [9.17, 15) is 4.79 Å². The van der Waals surface area contributed by atoms with Crippen LogP contribution in [0.25, 0.3) is 11.1 Å². The summed E-state index contributed by atoms with van der Waals surface area (Å²) in [6.07, 6.45) is 3.91. The van der Waals surface area contributed by atoms with Crippen LogP contribution in [-0.4, -0.2) is 23.9 Å². The van der Waals surface area contributed by atoms with Crippen molar-refractivity contribution in [1.82, 2.24) is 9.88 Å². The topological polar surface area (TPSA) is 67.2 Å². The van der Waals surface area contributed by atoms with E-state index in [1.54, 1.807) is 6.20 Å². The molecular weight excluding hydrogens is 262 g/mol. The fourth-order valence-corrected chi connectivity index (χ4v) is 1.91. The van der Waals surface area contributed by atoms with Crippen LogP contribution in [0.5, 0.6) is 0 Å². The van der Waals surface area contributed by atoms with Crippen LogP contribution in [0, 0.1) is 0 Å². The normalized spacial score (nSPS) is 10.4. The zero-order chi connectivity index (χ0) is 13.5. The van der Waals surface area contributed by atoms with Crippen molar-refractivity contribution in [3.8, 4) is 11.1 Å². The molecule has 0 fully saturated rings. The van der Waals surface area contributed by atoms with Crippen LogP contribution in [0.3, 0.4) is 0 Å². The first-order chi connectivity index (χ1) is 9.31. The van der Waals surface area contributed by atoms with Crippen molar-refractivity contribution in [3.05, 3.63) is 36.5 Å². The number of aromatic nitrogens is 1. The summed E-state index contributed by atoms with van der Waals surface area (Å²) in [7, 11) is 0. The molecule has 2 aromatic rings. The van der Waals surface area contributed by atoms with Crippen molar-refractivity contribution in [1.29, 1.82) is 0 Å². The summed E-state index contributed by atoms with van der Waals surface area (Å²) in [5.74, 6) is 0.288. The zero-order valence-corrected chi connectivity index (χ0v) is 11.4. The minimum atomic E-state index is -0.101. The number of anilines is 1. The average molecular weight is 277 g/mol. The third kappa shape index (κ3) is 3.84. The van der Waals surface area contributed by atoms with Gasteiger partial charge in [0.05, 0.1) is 11.8 Å². The number of nitrogens with zero attached hydrogens (tertiary/aromatic N) is 1. The van der Waals surface area contributed by atoms with Gasteiger partial charge in [0, 0.05) is 13.0 Å². The molecule has 1 heterocycles. The third-order valence-electron chi connectivity index (χ3n) is 2.51. The zero-order valence-electron chi connectivity index (χ0n) is 10.6. The van der Waals surface area contributed by atoms with Gasteiger partial charge in [-0.25, -0.2) is 0 Å². The Morgan fingerprint density at radius 2 is 2.16 bits per heavy atom. The van der Waals surface area contributed by atoms with Crippen LogP contribution in [-0.2, 0) is 4.79 Å². The minimum Gasteiger partial charge on any atom is -0.338 e. The van der Waals surface area contributed by atoms with Gasteiger partial charge in [0.2, 0.25) is 11.8 Å². The molecule has 0 saturated heterocycles. The Hall–Kier alpha value is -1.79. The first-order valence-corrected chi connectivity index (χ1v) is 7.09. The van der Waals surface area contributed by atoms with E-state index in [2.05, 4.69) is 15.2 Å². The molecule has 6 heteroatoms. The van der Waals surface area contributed by atoms with E-state index in [4.69, 9.17) is 4.52 Å². The SMILES string of the molecule is CSNCCC(=O)Nc1oncc1-c1ccccc1. The van der Waals surface area contributed by atoms with Crippen LogP contribution in [0.4, 0.5) is 5.88 Å². The maximum Gasteiger partial charge on any atom is 0.239 e. The molecule has 0 aliphatic rings. The highest BCUT2D eigenvalue weighted by molar-refractivity contribution is 7.96. The summed E-state index contributed by atoms with van der Waals surface area (Å²) >= 11 is 1.49. The van der Waals surface area contributed by atoms with E-state index < -0.39 is 0 Å². The van der Waals surface area contributed by atoms with E-state index in [0.29, 0.717) is 18.8 Å². The Kier molecular flexibility index (Phi) is 5.00. The maximum absolute atomic E-state index is 11.7. The molecule has 0 aliphatic carbocycles. The van der Waals surface area contributed by atoms with Gasteiger partial charge < -0.3 is 4.52 Å². The molecule has 0 bridgehead atoms. The van der Waals surface area contributed by atoms with E-state index in [-0.39, 0.29) is 5.91 Å². The summed E-state index contributed by atoms with van der Waals surface area (Å²) in [6.45, 7) is 0.613. The number of hydrogen-bond acceptors (Lipinski definition) is 5. The van der Waals surface area contributed by atoms with Crippen molar-refractivity contribution in [2.24, 2.45) is 0 Å². The Morgan fingerprint density at radius 1 is 1.37 bits per heavy atom. The second-order valence-corrected chi connectivity index (χ2v) is 4.53. The smallest absolute Gasteiger partial charge is 0.239 e. The summed E-state index contributed by atoms with van der Waals surface area (Å²) in [5.41, 5.74) is 1.74. The monoisotopic (exact) mass is 277 g/mol. The third-order valence-corrected chi connectivity index (χ3v) is 3.00. The van der Waals surface area contributed by atoms with E-state index in [0.717, 1.165) is 11.1 Å². The molecule has 0 radical (unpaired) electrons. The fraction of sp³-hybridized carbons (Fsp3) is 0.231. The van der Waals surface area contributed by atoms with Crippen molar-refractivity contribution in [2.45, 2.75) is 6.42 Å². The number of amides is 1. The molecule has 1 aromatic heterocycles. The second kappa shape index (κ2) is 6.96. The highest BCUT2D eigenvalue weighted by atomic mass is 32.2. The highest BCUT2D eigenvalue weighted by Crippen LogP contribution is 2.27. The number of nitrogens with one attached hydrogen (secondary N) is 2. The van der Waals surface area contributed by atoms with Crippen LogP contribution >= 0.6 is 11.9 Å². The molecule has 0 atom stereocenters. The minimum absolute atomic E-state index is 0.101. The molecule has 0 spiro atoms. The molecule has 2 N–H and O–H groups in total. The Labute approximate surface area is 115 Å². The first kappa shape index (κ1) is 13.6. The highest BCUT2D eigenvalue weighted by Gasteiger charge is 2.12. The number of rotatable bonds is 6. The molecule has 0 aliphatic heterocycles. The van der Waals surface area contributed by atoms with Crippen LogP contribution < -0.4 is 10.0 Å². The van der Waals surface area contributed by atoms with E-state index in [1.165, 1.54) is 11.9 Å². The summed E-state index contributed by atoms with van der Waals surface area (Å²) in [6, 6.07) is 9.67. The lowest BCUT2D eigenvalue weighted by molar-refractivity contribution is -0.116. The van der Waals surface area contributed by atoms with Crippen molar-refractivity contribution in [3.63, 3.8) is 0 Å². The number of carbonyl (C=O) groups is 1. The molecule has 100 valence electrons.